The number of nitrogens with one attached hydrogen (secondary N) is 1. The molecule has 0 radical (unpaired) electrons. The summed E-state index contributed by atoms with van der Waals surface area (Å²) in [5, 5.41) is 17.2. The van der Waals surface area contributed by atoms with Crippen molar-refractivity contribution in [2.45, 2.75) is 26.3 Å². The molecular weight excluding hydrogens is 268 g/mol. The zero-order valence-corrected chi connectivity index (χ0v) is 11.4. The molecule has 1 aromatic carbocycles. The molecule has 0 bridgehead atoms. The van der Waals surface area contributed by atoms with Crippen molar-refractivity contribution >= 4 is 34.4 Å². The minimum Gasteiger partial charge on any atom is -0.480 e. The Morgan fingerprint density at radius 2 is 2.26 bits per heavy atom. The maximum Gasteiger partial charge on any atom is 0.326 e. The lowest BCUT2D eigenvalue weighted by atomic mass is 10.0. The SMILES string of the molecule is CC(C)C[C@H](Nc1noc2ccc(Cl)cc12)C(=O)O. The fraction of sp³-hybridized carbons (Fsp3) is 0.385. The molecule has 2 aromatic rings. The lowest BCUT2D eigenvalue weighted by Crippen LogP contribution is -2.30. The Kier molecular flexibility index (Phi) is 3.95. The van der Waals surface area contributed by atoms with Gasteiger partial charge in [0.1, 0.15) is 6.04 Å². The third kappa shape index (κ3) is 3.17. The predicted octanol–water partition coefficient (Wildman–Crippen LogP) is 3.39. The first kappa shape index (κ1) is 13.7. The van der Waals surface area contributed by atoms with Crippen molar-refractivity contribution in [3.63, 3.8) is 0 Å². The number of hydrogen-bond donors (Lipinski definition) is 2. The van der Waals surface area contributed by atoms with Crippen LogP contribution in [0.2, 0.25) is 5.02 Å². The van der Waals surface area contributed by atoms with Gasteiger partial charge in [0.05, 0.1) is 5.39 Å². The molecule has 2 rings (SSSR count). The van der Waals surface area contributed by atoms with Crippen LogP contribution in [0.1, 0.15) is 20.3 Å². The number of fused-ring (bicyclic) bond motifs is 1. The van der Waals surface area contributed by atoms with Gasteiger partial charge in [-0.2, -0.15) is 0 Å². The van der Waals surface area contributed by atoms with Crippen molar-refractivity contribution in [3.05, 3.63) is 23.2 Å². The first-order chi connectivity index (χ1) is 8.97. The van der Waals surface area contributed by atoms with Gasteiger partial charge in [0.2, 0.25) is 0 Å². The molecule has 1 atom stereocenters. The quantitative estimate of drug-likeness (QED) is 0.879. The van der Waals surface area contributed by atoms with Crippen molar-refractivity contribution in [1.82, 2.24) is 5.16 Å². The number of nitrogens with zero attached hydrogens (tertiary/aromatic N) is 1. The lowest BCUT2D eigenvalue weighted by Gasteiger charge is -2.15. The maximum atomic E-state index is 11.2. The predicted molar refractivity (Wildman–Crippen MR) is 73.5 cm³/mol. The molecule has 0 aliphatic carbocycles. The van der Waals surface area contributed by atoms with E-state index in [2.05, 4.69) is 10.5 Å². The number of anilines is 1. The van der Waals surface area contributed by atoms with Crippen molar-refractivity contribution in [1.29, 1.82) is 0 Å². The zero-order chi connectivity index (χ0) is 14.0. The van der Waals surface area contributed by atoms with Gasteiger partial charge >= 0.3 is 5.97 Å². The second-order valence-electron chi connectivity index (χ2n) is 4.84. The van der Waals surface area contributed by atoms with Crippen LogP contribution in [0.15, 0.2) is 22.7 Å². The number of aliphatic carboxylic acids is 1. The van der Waals surface area contributed by atoms with Gasteiger partial charge in [0.15, 0.2) is 11.4 Å². The molecule has 2 N–H and O–H groups in total. The molecule has 1 heterocycles. The van der Waals surface area contributed by atoms with E-state index < -0.39 is 12.0 Å². The van der Waals surface area contributed by atoms with E-state index in [1.807, 2.05) is 13.8 Å². The summed E-state index contributed by atoms with van der Waals surface area (Å²) >= 11 is 5.92. The Labute approximate surface area is 115 Å². The van der Waals surface area contributed by atoms with Crippen LogP contribution in [-0.2, 0) is 4.79 Å². The first-order valence-electron chi connectivity index (χ1n) is 6.01. The molecule has 1 aromatic heterocycles. The van der Waals surface area contributed by atoms with Crippen LogP contribution < -0.4 is 5.32 Å². The largest absolute Gasteiger partial charge is 0.480 e. The molecule has 19 heavy (non-hydrogen) atoms. The van der Waals surface area contributed by atoms with Crippen LogP contribution in [0.5, 0.6) is 0 Å². The number of carbonyl (C=O) groups is 1. The topological polar surface area (TPSA) is 75.4 Å². The highest BCUT2D eigenvalue weighted by Gasteiger charge is 2.21. The van der Waals surface area contributed by atoms with Gasteiger partial charge in [-0.25, -0.2) is 4.79 Å². The van der Waals surface area contributed by atoms with E-state index >= 15 is 0 Å². The minimum absolute atomic E-state index is 0.260. The van der Waals surface area contributed by atoms with Crippen LogP contribution in [0, 0.1) is 5.92 Å². The molecule has 0 aliphatic heterocycles. The molecule has 0 spiro atoms. The molecule has 0 aliphatic rings. The standard InChI is InChI=1S/C13H15ClN2O3/c1-7(2)5-10(13(17)18)15-12-9-6-8(14)3-4-11(9)19-16-12/h3-4,6-7,10H,5H2,1-2H3,(H,15,16)(H,17,18)/t10-/m0/s1. The average Bonchev–Trinajstić information content (AvgIpc) is 2.70. The van der Waals surface area contributed by atoms with Crippen molar-refractivity contribution in [3.8, 4) is 0 Å². The second kappa shape index (κ2) is 5.48. The maximum absolute atomic E-state index is 11.2. The summed E-state index contributed by atoms with van der Waals surface area (Å²) in [5.41, 5.74) is 0.570. The van der Waals surface area contributed by atoms with E-state index in [0.29, 0.717) is 28.2 Å². The molecule has 0 unspecified atom stereocenters. The third-order valence-electron chi connectivity index (χ3n) is 2.75. The van der Waals surface area contributed by atoms with Gasteiger partial charge in [-0.3, -0.25) is 0 Å². The molecule has 6 heteroatoms. The number of carboxylic acids is 1. The van der Waals surface area contributed by atoms with Crippen LogP contribution in [0.4, 0.5) is 5.82 Å². The van der Waals surface area contributed by atoms with E-state index in [1.54, 1.807) is 18.2 Å². The van der Waals surface area contributed by atoms with E-state index in [9.17, 15) is 9.90 Å². The molecule has 5 nitrogen and oxygen atoms in total. The Bertz CT molecular complexity index is 595. The normalized spacial score (nSPS) is 12.8. The van der Waals surface area contributed by atoms with Gasteiger partial charge in [-0.05, 0) is 30.5 Å². The smallest absolute Gasteiger partial charge is 0.326 e. The summed E-state index contributed by atoms with van der Waals surface area (Å²) in [5.74, 6) is -0.243. The lowest BCUT2D eigenvalue weighted by molar-refractivity contribution is -0.138. The third-order valence-corrected chi connectivity index (χ3v) is 2.98. The first-order valence-corrected chi connectivity index (χ1v) is 6.39. The summed E-state index contributed by atoms with van der Waals surface area (Å²) in [6.07, 6.45) is 0.504. The summed E-state index contributed by atoms with van der Waals surface area (Å²) in [7, 11) is 0. The highest BCUT2D eigenvalue weighted by molar-refractivity contribution is 6.31. The Morgan fingerprint density at radius 3 is 2.89 bits per heavy atom. The molecule has 0 saturated carbocycles. The van der Waals surface area contributed by atoms with E-state index in [-0.39, 0.29) is 5.92 Å². The van der Waals surface area contributed by atoms with Crippen LogP contribution >= 0.6 is 11.6 Å². The Morgan fingerprint density at radius 1 is 1.53 bits per heavy atom. The fourth-order valence-electron chi connectivity index (χ4n) is 1.87. The molecule has 102 valence electrons. The van der Waals surface area contributed by atoms with Crippen LogP contribution in [-0.4, -0.2) is 22.3 Å². The van der Waals surface area contributed by atoms with Gasteiger partial charge in [-0.15, -0.1) is 0 Å². The van der Waals surface area contributed by atoms with E-state index in [4.69, 9.17) is 16.1 Å². The number of benzene rings is 1. The fourth-order valence-corrected chi connectivity index (χ4v) is 2.04. The monoisotopic (exact) mass is 282 g/mol. The van der Waals surface area contributed by atoms with Crippen LogP contribution in [0.3, 0.4) is 0 Å². The molecular formula is C13H15ClN2O3. The van der Waals surface area contributed by atoms with E-state index in [1.165, 1.54) is 0 Å². The number of aromatic nitrogens is 1. The summed E-state index contributed by atoms with van der Waals surface area (Å²) < 4.78 is 5.13. The van der Waals surface area contributed by atoms with Crippen molar-refractivity contribution in [2.75, 3.05) is 5.32 Å². The van der Waals surface area contributed by atoms with Gasteiger partial charge < -0.3 is 14.9 Å². The number of carboxylic acid groups (broad SMARTS) is 1. The van der Waals surface area contributed by atoms with E-state index in [0.717, 1.165) is 0 Å². The Balaban J connectivity index is 2.28. The van der Waals surface area contributed by atoms with Crippen molar-refractivity contribution in [2.24, 2.45) is 5.92 Å². The summed E-state index contributed by atoms with van der Waals surface area (Å²) in [6, 6.07) is 4.40. The number of rotatable bonds is 5. The zero-order valence-electron chi connectivity index (χ0n) is 10.7. The van der Waals surface area contributed by atoms with Gasteiger partial charge in [0.25, 0.3) is 0 Å². The Hall–Kier alpha value is -1.75. The van der Waals surface area contributed by atoms with Gasteiger partial charge in [-0.1, -0.05) is 30.6 Å². The van der Waals surface area contributed by atoms with Crippen LogP contribution in [0.25, 0.3) is 11.0 Å². The minimum atomic E-state index is -0.910. The number of hydrogen-bond acceptors (Lipinski definition) is 4. The van der Waals surface area contributed by atoms with Crippen molar-refractivity contribution < 1.29 is 14.4 Å². The summed E-state index contributed by atoms with van der Waals surface area (Å²) in [6.45, 7) is 3.94. The molecule has 0 saturated heterocycles. The summed E-state index contributed by atoms with van der Waals surface area (Å²) in [4.78, 5) is 11.2. The highest BCUT2D eigenvalue weighted by atomic mass is 35.5. The second-order valence-corrected chi connectivity index (χ2v) is 5.27. The number of halogens is 1. The molecule has 0 amide bonds. The highest BCUT2D eigenvalue weighted by Crippen LogP contribution is 2.27. The van der Waals surface area contributed by atoms with Gasteiger partial charge in [0, 0.05) is 5.02 Å². The molecule has 0 fully saturated rings. The average molecular weight is 283 g/mol.